The minimum atomic E-state index is 0.841. The molecule has 3 heterocycles. The lowest BCUT2D eigenvalue weighted by molar-refractivity contribution is 0.414. The van der Waals surface area contributed by atoms with Gasteiger partial charge in [-0.1, -0.05) is 5.16 Å². The van der Waals surface area contributed by atoms with E-state index in [2.05, 4.69) is 32.3 Å². The Kier molecular flexibility index (Phi) is 3.38. The summed E-state index contributed by atoms with van der Waals surface area (Å²) in [4.78, 5) is 4.55. The zero-order chi connectivity index (χ0) is 12.4. The Balaban J connectivity index is 1.67. The van der Waals surface area contributed by atoms with E-state index in [1.165, 1.54) is 0 Å². The first-order chi connectivity index (χ1) is 8.81. The average molecular weight is 324 g/mol. The van der Waals surface area contributed by atoms with Gasteiger partial charge in [0.05, 0.1) is 11.4 Å². The molecular weight excluding hydrogens is 314 g/mol. The molecule has 0 saturated carbocycles. The van der Waals surface area contributed by atoms with Crippen molar-refractivity contribution in [3.8, 4) is 0 Å². The molecule has 4 nitrogen and oxygen atoms in total. The molecule has 0 radical (unpaired) electrons. The van der Waals surface area contributed by atoms with E-state index in [1.54, 1.807) is 18.0 Å². The molecule has 0 atom stereocenters. The number of rotatable bonds is 4. The number of aromatic nitrogens is 3. The molecule has 3 aromatic heterocycles. The molecule has 3 aromatic rings. The van der Waals surface area contributed by atoms with Crippen LogP contribution in [0.5, 0.6) is 0 Å². The van der Waals surface area contributed by atoms with Gasteiger partial charge in [-0.3, -0.25) is 0 Å². The topological polar surface area (TPSA) is 43.3 Å². The molecule has 3 rings (SSSR count). The SMILES string of the molecule is Brc1ccc2nc(CSCc3ccon3)cn2c1. The summed E-state index contributed by atoms with van der Waals surface area (Å²) in [5, 5.41) is 3.87. The zero-order valence-electron chi connectivity index (χ0n) is 9.41. The predicted molar refractivity (Wildman–Crippen MR) is 74.4 cm³/mol. The Morgan fingerprint density at radius 3 is 2.89 bits per heavy atom. The van der Waals surface area contributed by atoms with Gasteiger partial charge in [0.2, 0.25) is 0 Å². The van der Waals surface area contributed by atoms with Crippen molar-refractivity contribution >= 4 is 33.3 Å². The van der Waals surface area contributed by atoms with Crippen molar-refractivity contribution in [1.29, 1.82) is 0 Å². The second-order valence-electron chi connectivity index (χ2n) is 3.83. The molecule has 0 aliphatic heterocycles. The van der Waals surface area contributed by atoms with Crippen LogP contribution < -0.4 is 0 Å². The maximum absolute atomic E-state index is 4.79. The average Bonchev–Trinajstić information content (AvgIpc) is 2.97. The number of fused-ring (bicyclic) bond motifs is 1. The highest BCUT2D eigenvalue weighted by Gasteiger charge is 2.03. The van der Waals surface area contributed by atoms with Gasteiger partial charge in [0, 0.05) is 34.4 Å². The number of halogens is 1. The molecule has 0 amide bonds. The lowest BCUT2D eigenvalue weighted by atomic mass is 10.5. The highest BCUT2D eigenvalue weighted by atomic mass is 79.9. The maximum atomic E-state index is 4.79. The minimum absolute atomic E-state index is 0.841. The van der Waals surface area contributed by atoms with E-state index < -0.39 is 0 Å². The first-order valence-corrected chi connectivity index (χ1v) is 7.36. The first-order valence-electron chi connectivity index (χ1n) is 5.41. The molecule has 18 heavy (non-hydrogen) atoms. The van der Waals surface area contributed by atoms with Gasteiger partial charge in [0.15, 0.2) is 0 Å². The number of imidazole rings is 1. The molecule has 92 valence electrons. The van der Waals surface area contributed by atoms with Gasteiger partial charge in [-0.05, 0) is 28.1 Å². The summed E-state index contributed by atoms with van der Waals surface area (Å²) in [6.45, 7) is 0. The highest BCUT2D eigenvalue weighted by molar-refractivity contribution is 9.10. The zero-order valence-corrected chi connectivity index (χ0v) is 11.8. The van der Waals surface area contributed by atoms with E-state index in [-0.39, 0.29) is 0 Å². The van der Waals surface area contributed by atoms with Crippen LogP contribution in [0.1, 0.15) is 11.4 Å². The van der Waals surface area contributed by atoms with Gasteiger partial charge < -0.3 is 8.92 Å². The van der Waals surface area contributed by atoms with Crippen LogP contribution in [0.15, 0.2) is 45.9 Å². The third-order valence-corrected chi connectivity index (χ3v) is 3.92. The van der Waals surface area contributed by atoms with Crippen LogP contribution >= 0.6 is 27.7 Å². The van der Waals surface area contributed by atoms with Crippen LogP contribution in [0.25, 0.3) is 5.65 Å². The fourth-order valence-electron chi connectivity index (χ4n) is 1.66. The third kappa shape index (κ3) is 2.59. The van der Waals surface area contributed by atoms with Crippen LogP contribution in [-0.2, 0) is 11.5 Å². The van der Waals surface area contributed by atoms with Gasteiger partial charge in [-0.25, -0.2) is 4.98 Å². The molecule has 6 heteroatoms. The number of nitrogens with zero attached hydrogens (tertiary/aromatic N) is 3. The summed E-state index contributed by atoms with van der Waals surface area (Å²) >= 11 is 5.22. The second kappa shape index (κ2) is 5.16. The summed E-state index contributed by atoms with van der Waals surface area (Å²) in [6.07, 6.45) is 5.66. The Hall–Kier alpha value is -1.27. The fourth-order valence-corrected chi connectivity index (χ4v) is 2.82. The van der Waals surface area contributed by atoms with Gasteiger partial charge in [0.25, 0.3) is 0 Å². The van der Waals surface area contributed by atoms with E-state index in [9.17, 15) is 0 Å². The quantitative estimate of drug-likeness (QED) is 0.736. The summed E-state index contributed by atoms with van der Waals surface area (Å²) < 4.78 is 7.86. The van der Waals surface area contributed by atoms with E-state index in [4.69, 9.17) is 4.52 Å². The van der Waals surface area contributed by atoms with Crippen molar-refractivity contribution in [2.45, 2.75) is 11.5 Å². The number of pyridine rings is 1. The molecule has 0 bridgehead atoms. The predicted octanol–water partition coefficient (Wildman–Crippen LogP) is 3.52. The molecule has 0 N–H and O–H groups in total. The maximum Gasteiger partial charge on any atom is 0.137 e. The third-order valence-electron chi connectivity index (χ3n) is 2.46. The Morgan fingerprint density at radius 2 is 2.06 bits per heavy atom. The standard InChI is InChI=1S/C12H10BrN3OS/c13-9-1-2-12-14-11(6-16(12)5-9)8-18-7-10-3-4-17-15-10/h1-6H,7-8H2. The van der Waals surface area contributed by atoms with Gasteiger partial charge >= 0.3 is 0 Å². The van der Waals surface area contributed by atoms with E-state index in [0.717, 1.165) is 33.0 Å². The van der Waals surface area contributed by atoms with Crippen LogP contribution in [-0.4, -0.2) is 14.5 Å². The molecule has 0 aliphatic rings. The van der Waals surface area contributed by atoms with Crippen molar-refractivity contribution in [2.75, 3.05) is 0 Å². The van der Waals surface area contributed by atoms with E-state index >= 15 is 0 Å². The molecule has 0 aliphatic carbocycles. The van der Waals surface area contributed by atoms with Gasteiger partial charge in [-0.15, -0.1) is 11.8 Å². The molecule has 0 unspecified atom stereocenters. The van der Waals surface area contributed by atoms with Crippen molar-refractivity contribution < 1.29 is 4.52 Å². The minimum Gasteiger partial charge on any atom is -0.364 e. The Labute approximate surface area is 117 Å². The Bertz CT molecular complexity index is 650. The van der Waals surface area contributed by atoms with Crippen molar-refractivity contribution in [3.63, 3.8) is 0 Å². The smallest absolute Gasteiger partial charge is 0.137 e. The highest BCUT2D eigenvalue weighted by Crippen LogP contribution is 2.18. The van der Waals surface area contributed by atoms with E-state index in [0.29, 0.717) is 0 Å². The normalized spacial score (nSPS) is 11.2. The Morgan fingerprint density at radius 1 is 1.17 bits per heavy atom. The lowest BCUT2D eigenvalue weighted by Crippen LogP contribution is -1.83. The molecule has 0 aromatic carbocycles. The molecule has 0 fully saturated rings. The van der Waals surface area contributed by atoms with Crippen LogP contribution in [0, 0.1) is 0 Å². The molecule has 0 spiro atoms. The van der Waals surface area contributed by atoms with Crippen molar-refractivity contribution in [3.05, 3.63) is 52.7 Å². The number of thioether (sulfide) groups is 1. The summed E-state index contributed by atoms with van der Waals surface area (Å²) in [7, 11) is 0. The monoisotopic (exact) mass is 323 g/mol. The number of hydrogen-bond donors (Lipinski definition) is 0. The largest absolute Gasteiger partial charge is 0.364 e. The second-order valence-corrected chi connectivity index (χ2v) is 5.73. The van der Waals surface area contributed by atoms with Crippen LogP contribution in [0.3, 0.4) is 0 Å². The fraction of sp³-hybridized carbons (Fsp3) is 0.167. The van der Waals surface area contributed by atoms with Gasteiger partial charge in [0.1, 0.15) is 11.9 Å². The van der Waals surface area contributed by atoms with Crippen molar-refractivity contribution in [2.24, 2.45) is 0 Å². The molecular formula is C12H10BrN3OS. The van der Waals surface area contributed by atoms with Gasteiger partial charge in [-0.2, -0.15) is 0 Å². The summed E-state index contributed by atoms with van der Waals surface area (Å²) in [5.41, 5.74) is 3.00. The van der Waals surface area contributed by atoms with Crippen molar-refractivity contribution in [1.82, 2.24) is 14.5 Å². The van der Waals surface area contributed by atoms with Crippen LogP contribution in [0.2, 0.25) is 0 Å². The van der Waals surface area contributed by atoms with Crippen LogP contribution in [0.4, 0.5) is 0 Å². The molecule has 0 saturated heterocycles. The summed E-state index contributed by atoms with van der Waals surface area (Å²) in [5.74, 6) is 1.71. The summed E-state index contributed by atoms with van der Waals surface area (Å²) in [6, 6.07) is 5.87. The van der Waals surface area contributed by atoms with E-state index in [1.807, 2.05) is 28.8 Å². The number of hydrogen-bond acceptors (Lipinski definition) is 4. The first kappa shape index (κ1) is 11.8. The lowest BCUT2D eigenvalue weighted by Gasteiger charge is -1.94.